The van der Waals surface area contributed by atoms with Crippen molar-refractivity contribution in [3.8, 4) is 0 Å². The summed E-state index contributed by atoms with van der Waals surface area (Å²) in [4.78, 5) is 18.6. The Hall–Kier alpha value is -3.09. The molecule has 1 saturated heterocycles. The molecule has 0 bridgehead atoms. The van der Waals surface area contributed by atoms with Crippen molar-refractivity contribution in [1.29, 1.82) is 0 Å². The fourth-order valence-electron chi connectivity index (χ4n) is 3.23. The number of aromatic nitrogens is 2. The number of anilines is 2. The fraction of sp³-hybridized carbons (Fsp3) is 0.286. The summed E-state index contributed by atoms with van der Waals surface area (Å²) in [5, 5.41) is 11.6. The number of nitrogens with one attached hydrogen (secondary N) is 2. The maximum atomic E-state index is 14.5. The van der Waals surface area contributed by atoms with E-state index in [9.17, 15) is 12.8 Å². The molecule has 0 atom stereocenters. The van der Waals surface area contributed by atoms with Crippen LogP contribution in [0.25, 0.3) is 0 Å². The van der Waals surface area contributed by atoms with Crippen molar-refractivity contribution in [1.82, 2.24) is 14.9 Å². The van der Waals surface area contributed by atoms with Gasteiger partial charge in [-0.05, 0) is 49.7 Å². The fourth-order valence-corrected chi connectivity index (χ4v) is 4.80. The van der Waals surface area contributed by atoms with Crippen LogP contribution in [0.1, 0.15) is 23.1 Å². The minimum Gasteiger partial charge on any atom is -0.483 e. The van der Waals surface area contributed by atoms with Crippen molar-refractivity contribution in [2.24, 2.45) is 0 Å². The number of carboxylic acid groups (broad SMARTS) is 1. The quantitative estimate of drug-likeness (QED) is 0.408. The molecule has 3 N–H and O–H groups in total. The van der Waals surface area contributed by atoms with Gasteiger partial charge in [0, 0.05) is 24.0 Å². The summed E-state index contributed by atoms with van der Waals surface area (Å²) in [6.07, 6.45) is 2.64. The van der Waals surface area contributed by atoms with Crippen molar-refractivity contribution in [2.75, 3.05) is 23.1 Å². The third-order valence-corrected chi connectivity index (χ3v) is 6.88. The first kappa shape index (κ1) is 24.6. The standard InChI is InChI=1S/C20H22FN5O2S2.CH2O2/c1-14-8-20(30(27,28)25-19-12-29-13-24-19)23-10-18(14)22-9-16-15(4-2-5-17(16)21)11-26-6-3-7-26;2-1-3/h2,4-5,8,10,12-13,22,25H,3,6-7,9,11H2,1H3;1H,(H,2,3). The Morgan fingerprint density at radius 3 is 2.67 bits per heavy atom. The Bertz CT molecular complexity index is 1190. The lowest BCUT2D eigenvalue weighted by atomic mass is 10.0. The lowest BCUT2D eigenvalue weighted by Crippen LogP contribution is -2.36. The molecule has 1 aliphatic rings. The third-order valence-electron chi connectivity index (χ3n) is 5.05. The highest BCUT2D eigenvalue weighted by Gasteiger charge is 2.19. The molecule has 3 heterocycles. The van der Waals surface area contributed by atoms with Crippen LogP contribution in [0.15, 0.2) is 46.4 Å². The van der Waals surface area contributed by atoms with Gasteiger partial charge in [-0.1, -0.05) is 12.1 Å². The van der Waals surface area contributed by atoms with E-state index in [1.54, 1.807) is 23.9 Å². The number of benzene rings is 1. The van der Waals surface area contributed by atoms with Crippen LogP contribution < -0.4 is 10.0 Å². The lowest BCUT2D eigenvalue weighted by molar-refractivity contribution is -0.122. The van der Waals surface area contributed by atoms with Gasteiger partial charge >= 0.3 is 0 Å². The largest absolute Gasteiger partial charge is 0.483 e. The number of halogens is 1. The zero-order valence-electron chi connectivity index (χ0n) is 17.9. The molecule has 0 radical (unpaired) electrons. The number of likely N-dealkylation sites (tertiary alicyclic amines) is 1. The topological polar surface area (TPSA) is 125 Å². The molecule has 0 amide bonds. The monoisotopic (exact) mass is 493 g/mol. The zero-order chi connectivity index (χ0) is 23.8. The predicted octanol–water partition coefficient (Wildman–Crippen LogP) is 3.31. The summed E-state index contributed by atoms with van der Waals surface area (Å²) < 4.78 is 41.8. The molecule has 1 aromatic carbocycles. The van der Waals surface area contributed by atoms with E-state index >= 15 is 0 Å². The first-order valence-corrected chi connectivity index (χ1v) is 12.4. The second-order valence-corrected chi connectivity index (χ2v) is 9.63. The van der Waals surface area contributed by atoms with Crippen molar-refractivity contribution in [3.63, 3.8) is 0 Å². The van der Waals surface area contributed by atoms with Gasteiger partial charge in [0.15, 0.2) is 10.8 Å². The highest BCUT2D eigenvalue weighted by Crippen LogP contribution is 2.23. The van der Waals surface area contributed by atoms with E-state index in [2.05, 4.69) is 24.9 Å². The van der Waals surface area contributed by atoms with E-state index < -0.39 is 10.0 Å². The SMILES string of the molecule is Cc1cc(S(=O)(=O)Nc2cscn2)ncc1NCc1c(F)cccc1CN1CCC1.O=CO. The molecule has 176 valence electrons. The Labute approximate surface area is 195 Å². The molecule has 1 aliphatic heterocycles. The first-order chi connectivity index (χ1) is 15.8. The van der Waals surface area contributed by atoms with E-state index in [0.717, 1.165) is 25.2 Å². The van der Waals surface area contributed by atoms with Gasteiger partial charge in [-0.15, -0.1) is 11.3 Å². The Morgan fingerprint density at radius 1 is 1.30 bits per heavy atom. The smallest absolute Gasteiger partial charge is 0.290 e. The van der Waals surface area contributed by atoms with Crippen LogP contribution in [0.3, 0.4) is 0 Å². The molecule has 1 fully saturated rings. The van der Waals surface area contributed by atoms with Crippen LogP contribution in [0.2, 0.25) is 0 Å². The van der Waals surface area contributed by atoms with Crippen molar-refractivity contribution in [3.05, 3.63) is 63.9 Å². The number of pyridine rings is 1. The highest BCUT2D eigenvalue weighted by atomic mass is 32.2. The van der Waals surface area contributed by atoms with Gasteiger partial charge in [0.05, 0.1) is 17.4 Å². The molecule has 0 aliphatic carbocycles. The molecule has 9 nitrogen and oxygen atoms in total. The van der Waals surface area contributed by atoms with Crippen LogP contribution in [0.5, 0.6) is 0 Å². The average Bonchev–Trinajstić information content (AvgIpc) is 3.24. The predicted molar refractivity (Wildman–Crippen MR) is 124 cm³/mol. The van der Waals surface area contributed by atoms with Crippen LogP contribution in [-0.2, 0) is 27.9 Å². The lowest BCUT2D eigenvalue weighted by Gasteiger charge is -2.31. The zero-order valence-corrected chi connectivity index (χ0v) is 19.5. The molecule has 12 heteroatoms. The summed E-state index contributed by atoms with van der Waals surface area (Å²) in [6, 6.07) is 6.62. The number of rotatable bonds is 8. The third kappa shape index (κ3) is 6.46. The molecular formula is C21H24FN5O4S2. The van der Waals surface area contributed by atoms with E-state index in [1.807, 2.05) is 6.07 Å². The molecule has 0 saturated carbocycles. The first-order valence-electron chi connectivity index (χ1n) is 10.0. The van der Waals surface area contributed by atoms with Crippen molar-refractivity contribution in [2.45, 2.75) is 31.5 Å². The molecular weight excluding hydrogens is 469 g/mol. The van der Waals surface area contributed by atoms with Gasteiger partial charge in [-0.25, -0.2) is 14.4 Å². The molecule has 2 aromatic heterocycles. The minimum atomic E-state index is -3.82. The number of nitrogens with zero attached hydrogens (tertiary/aromatic N) is 3. The van der Waals surface area contributed by atoms with Gasteiger partial charge in [0.1, 0.15) is 5.82 Å². The van der Waals surface area contributed by atoms with E-state index in [4.69, 9.17) is 9.90 Å². The summed E-state index contributed by atoms with van der Waals surface area (Å²) in [6.45, 7) is 4.63. The summed E-state index contributed by atoms with van der Waals surface area (Å²) in [5.41, 5.74) is 4.47. The van der Waals surface area contributed by atoms with Crippen molar-refractivity contribution < 1.29 is 22.7 Å². The van der Waals surface area contributed by atoms with Gasteiger partial charge in [0.2, 0.25) is 0 Å². The van der Waals surface area contributed by atoms with Crippen molar-refractivity contribution >= 4 is 39.3 Å². The van der Waals surface area contributed by atoms with E-state index in [1.165, 1.54) is 36.1 Å². The van der Waals surface area contributed by atoms with Gasteiger partial charge in [-0.3, -0.25) is 14.4 Å². The molecule has 33 heavy (non-hydrogen) atoms. The molecule has 4 rings (SSSR count). The van der Waals surface area contributed by atoms with Crippen LogP contribution in [-0.4, -0.2) is 48.0 Å². The van der Waals surface area contributed by atoms with Crippen LogP contribution >= 0.6 is 11.3 Å². The van der Waals surface area contributed by atoms with E-state index in [0.29, 0.717) is 23.4 Å². The maximum absolute atomic E-state index is 14.5. The normalized spacial score (nSPS) is 13.4. The Morgan fingerprint density at radius 2 is 2.06 bits per heavy atom. The second kappa shape index (κ2) is 11.2. The van der Waals surface area contributed by atoms with Gasteiger partial charge < -0.3 is 10.4 Å². The highest BCUT2D eigenvalue weighted by molar-refractivity contribution is 7.92. The molecule has 3 aromatic rings. The summed E-state index contributed by atoms with van der Waals surface area (Å²) in [5.74, 6) is 0.00809. The number of sulfonamides is 1. The minimum absolute atomic E-state index is 0.0945. The number of hydrogen-bond acceptors (Lipinski definition) is 8. The van der Waals surface area contributed by atoms with E-state index in [-0.39, 0.29) is 23.1 Å². The number of aryl methyl sites for hydroxylation is 1. The maximum Gasteiger partial charge on any atom is 0.290 e. The van der Waals surface area contributed by atoms with Crippen LogP contribution in [0.4, 0.5) is 15.9 Å². The number of carbonyl (C=O) groups is 1. The van der Waals surface area contributed by atoms with Gasteiger partial charge in [0.25, 0.3) is 16.5 Å². The average molecular weight is 494 g/mol. The van der Waals surface area contributed by atoms with Crippen LogP contribution in [0, 0.1) is 12.7 Å². The molecule has 0 spiro atoms. The summed E-state index contributed by atoms with van der Waals surface area (Å²) >= 11 is 1.29. The van der Waals surface area contributed by atoms with Gasteiger partial charge in [-0.2, -0.15) is 8.42 Å². The number of thiazole rings is 1. The molecule has 0 unspecified atom stereocenters. The Kier molecular flexibility index (Phi) is 8.31. The Balaban J connectivity index is 0.000000968. The number of hydrogen-bond donors (Lipinski definition) is 3. The second-order valence-electron chi connectivity index (χ2n) is 7.28. The summed E-state index contributed by atoms with van der Waals surface area (Å²) in [7, 11) is -3.82.